The average molecular weight is 672 g/mol. The maximum atomic E-state index is 13.2. The van der Waals surface area contributed by atoms with Crippen LogP contribution in [0.25, 0.3) is 0 Å². The van der Waals surface area contributed by atoms with Crippen LogP contribution in [0, 0.1) is 0 Å². The number of aliphatic hydroxyl groups is 1. The maximum Gasteiger partial charge on any atom is 0.408 e. The number of carbonyl (C=O) groups excluding carboxylic acids is 3. The number of hydrogen-bond acceptors (Lipinski definition) is 10. The van der Waals surface area contributed by atoms with Gasteiger partial charge in [-0.05, 0) is 28.8 Å². The molecule has 2 N–H and O–H groups in total. The zero-order valence-corrected chi connectivity index (χ0v) is 27.2. The average Bonchev–Trinajstić information content (AvgIpc) is 3.71. The number of likely N-dealkylation sites (tertiary alicyclic amines) is 1. The second kappa shape index (κ2) is 14.8. The van der Waals surface area contributed by atoms with E-state index in [0.717, 1.165) is 59.6 Å². The summed E-state index contributed by atoms with van der Waals surface area (Å²) in [6, 6.07) is 22.9. The number of nitrogens with one attached hydrogen (secondary N) is 1. The molecule has 4 aliphatic heterocycles. The van der Waals surface area contributed by atoms with Crippen LogP contribution < -0.4 is 10.2 Å². The number of piperidine rings is 1. The number of benzene rings is 3. The Morgan fingerprint density at radius 3 is 2.27 bits per heavy atom. The molecule has 258 valence electrons. The molecule has 4 heterocycles. The summed E-state index contributed by atoms with van der Waals surface area (Å²) >= 11 is 0. The summed E-state index contributed by atoms with van der Waals surface area (Å²) in [5.41, 5.74) is 3.76. The van der Waals surface area contributed by atoms with E-state index in [9.17, 15) is 19.5 Å². The number of nitrogens with zero attached hydrogens (tertiary/aromatic N) is 2. The predicted octanol–water partition coefficient (Wildman–Crippen LogP) is 4.12. The Balaban J connectivity index is 1.01. The Morgan fingerprint density at radius 1 is 0.878 bits per heavy atom. The molecular weight excluding hydrogens is 630 g/mol. The first kappa shape index (κ1) is 33.3. The third-order valence-corrected chi connectivity index (χ3v) is 9.58. The normalized spacial score (nSPS) is 25.5. The highest BCUT2D eigenvalue weighted by atomic mass is 16.7. The summed E-state index contributed by atoms with van der Waals surface area (Å²) in [7, 11) is 0. The molecule has 49 heavy (non-hydrogen) atoms. The van der Waals surface area contributed by atoms with Gasteiger partial charge in [-0.25, -0.2) is 9.69 Å². The van der Waals surface area contributed by atoms with Gasteiger partial charge in [-0.3, -0.25) is 9.59 Å². The van der Waals surface area contributed by atoms with Gasteiger partial charge in [-0.15, -0.1) is 0 Å². The van der Waals surface area contributed by atoms with Gasteiger partial charge in [-0.1, -0.05) is 66.7 Å². The molecule has 0 bridgehead atoms. The van der Waals surface area contributed by atoms with E-state index in [1.165, 1.54) is 0 Å². The van der Waals surface area contributed by atoms with Crippen molar-refractivity contribution in [2.45, 2.75) is 69.2 Å². The van der Waals surface area contributed by atoms with E-state index < -0.39 is 36.0 Å². The first-order chi connectivity index (χ1) is 23.9. The molecule has 4 saturated heterocycles. The van der Waals surface area contributed by atoms with Crippen LogP contribution in [0.4, 0.5) is 10.5 Å². The highest BCUT2D eigenvalue weighted by Gasteiger charge is 2.42. The Kier molecular flexibility index (Phi) is 10.0. The first-order valence-corrected chi connectivity index (χ1v) is 16.8. The lowest BCUT2D eigenvalue weighted by Gasteiger charge is -2.41. The van der Waals surface area contributed by atoms with Crippen LogP contribution in [0.2, 0.25) is 0 Å². The lowest BCUT2D eigenvalue weighted by Crippen LogP contribution is -2.48. The van der Waals surface area contributed by atoms with Crippen molar-refractivity contribution in [3.8, 4) is 0 Å². The van der Waals surface area contributed by atoms with Gasteiger partial charge in [0, 0.05) is 44.5 Å². The number of anilines is 1. The van der Waals surface area contributed by atoms with Gasteiger partial charge in [0.2, 0.25) is 5.91 Å². The van der Waals surface area contributed by atoms with Crippen molar-refractivity contribution in [2.24, 2.45) is 0 Å². The predicted molar refractivity (Wildman–Crippen MR) is 176 cm³/mol. The minimum absolute atomic E-state index is 0.0342. The van der Waals surface area contributed by atoms with E-state index in [4.69, 9.17) is 23.7 Å². The fraction of sp³-hybridized carbons (Fsp3) is 0.432. The number of hydrogen-bond donors (Lipinski definition) is 2. The second-order valence-corrected chi connectivity index (χ2v) is 12.9. The van der Waals surface area contributed by atoms with Crippen molar-refractivity contribution in [3.63, 3.8) is 0 Å². The molecule has 0 radical (unpaired) electrons. The third-order valence-electron chi connectivity index (χ3n) is 9.58. The molecule has 3 aromatic carbocycles. The van der Waals surface area contributed by atoms with Crippen molar-refractivity contribution < 1.29 is 43.2 Å². The van der Waals surface area contributed by atoms with Crippen LogP contribution >= 0.6 is 0 Å². The Labute approximate surface area is 284 Å². The standard InChI is InChI=1S/C37H41N3O9/c41-23-25-6-8-27(9-7-25)32-20-30(22-39-16-14-37(15-17-39)46-18-19-47-37)48-35(49-32)28-10-12-29(13-11-28)40-33(42)21-31(34(40)43)38-36(44)45-24-26-4-2-1-3-5-26/h1-13,30-32,35,41H,14-24H2,(H,38,44). The van der Waals surface area contributed by atoms with Gasteiger partial charge >= 0.3 is 6.09 Å². The smallest absolute Gasteiger partial charge is 0.408 e. The third kappa shape index (κ3) is 7.70. The number of amides is 3. The van der Waals surface area contributed by atoms with Crippen LogP contribution in [-0.2, 0) is 46.5 Å². The van der Waals surface area contributed by atoms with Gasteiger partial charge in [0.1, 0.15) is 12.6 Å². The Morgan fingerprint density at radius 2 is 1.57 bits per heavy atom. The molecule has 7 rings (SSSR count). The molecule has 3 aromatic rings. The van der Waals surface area contributed by atoms with Gasteiger partial charge in [0.25, 0.3) is 5.91 Å². The van der Waals surface area contributed by atoms with E-state index in [-0.39, 0.29) is 31.8 Å². The molecule has 0 saturated carbocycles. The van der Waals surface area contributed by atoms with E-state index in [2.05, 4.69) is 10.2 Å². The molecule has 4 unspecified atom stereocenters. The number of ether oxygens (including phenoxy) is 5. The van der Waals surface area contributed by atoms with E-state index in [1.807, 2.05) is 54.6 Å². The largest absolute Gasteiger partial charge is 0.445 e. The molecule has 0 aliphatic carbocycles. The highest BCUT2D eigenvalue weighted by Crippen LogP contribution is 2.40. The molecule has 4 atom stereocenters. The molecule has 4 fully saturated rings. The maximum absolute atomic E-state index is 13.2. The van der Waals surface area contributed by atoms with Crippen molar-refractivity contribution >= 4 is 23.6 Å². The van der Waals surface area contributed by atoms with Crippen LogP contribution in [0.5, 0.6) is 0 Å². The monoisotopic (exact) mass is 671 g/mol. The molecule has 0 aromatic heterocycles. The van der Waals surface area contributed by atoms with E-state index >= 15 is 0 Å². The zero-order chi connectivity index (χ0) is 33.8. The number of aliphatic hydroxyl groups excluding tert-OH is 1. The molecule has 12 heteroatoms. The van der Waals surface area contributed by atoms with Crippen LogP contribution in [-0.4, -0.2) is 78.7 Å². The van der Waals surface area contributed by atoms with Crippen molar-refractivity contribution in [1.82, 2.24) is 10.2 Å². The Hall–Kier alpha value is -4.17. The topological polar surface area (TPSA) is 136 Å². The minimum atomic E-state index is -1.02. The van der Waals surface area contributed by atoms with Gasteiger partial charge < -0.3 is 39.0 Å². The van der Waals surface area contributed by atoms with Gasteiger partial charge in [0.15, 0.2) is 12.1 Å². The second-order valence-electron chi connectivity index (χ2n) is 12.9. The van der Waals surface area contributed by atoms with Crippen LogP contribution in [0.3, 0.4) is 0 Å². The quantitative estimate of drug-likeness (QED) is 0.320. The SMILES string of the molecule is O=C(NC1CC(=O)N(c2ccc(C3OC(CN4CCC5(CC4)OCCO5)CC(c4ccc(CO)cc4)O3)cc2)C1=O)OCc1ccccc1. The summed E-state index contributed by atoms with van der Waals surface area (Å²) in [6.07, 6.45) is 0.285. The lowest BCUT2D eigenvalue weighted by atomic mass is 9.98. The zero-order valence-electron chi connectivity index (χ0n) is 27.2. The summed E-state index contributed by atoms with van der Waals surface area (Å²) in [5.74, 6) is -1.39. The van der Waals surface area contributed by atoms with Crippen molar-refractivity contribution in [2.75, 3.05) is 37.7 Å². The minimum Gasteiger partial charge on any atom is -0.445 e. The van der Waals surface area contributed by atoms with Crippen molar-refractivity contribution in [1.29, 1.82) is 0 Å². The Bertz CT molecular complexity index is 1600. The fourth-order valence-corrected chi connectivity index (χ4v) is 6.89. The number of carbonyl (C=O) groups is 3. The fourth-order valence-electron chi connectivity index (χ4n) is 6.89. The summed E-state index contributed by atoms with van der Waals surface area (Å²) in [4.78, 5) is 42.0. The molecule has 4 aliphatic rings. The molecular formula is C37H41N3O9. The lowest BCUT2D eigenvalue weighted by molar-refractivity contribution is -0.255. The summed E-state index contributed by atoms with van der Waals surface area (Å²) in [5, 5.41) is 12.1. The number of alkyl carbamates (subject to hydrolysis) is 1. The molecule has 3 amide bonds. The molecule has 12 nitrogen and oxygen atoms in total. The van der Waals surface area contributed by atoms with E-state index in [0.29, 0.717) is 25.3 Å². The van der Waals surface area contributed by atoms with Gasteiger partial charge in [0.05, 0.1) is 44.1 Å². The number of rotatable bonds is 9. The number of imide groups is 1. The molecule has 1 spiro atoms. The highest BCUT2D eigenvalue weighted by molar-refractivity contribution is 6.22. The van der Waals surface area contributed by atoms with Crippen LogP contribution in [0.1, 0.15) is 60.3 Å². The van der Waals surface area contributed by atoms with Crippen LogP contribution in [0.15, 0.2) is 78.9 Å². The van der Waals surface area contributed by atoms with Gasteiger partial charge in [-0.2, -0.15) is 0 Å². The summed E-state index contributed by atoms with van der Waals surface area (Å²) in [6.45, 7) is 3.70. The first-order valence-electron chi connectivity index (χ1n) is 16.8. The van der Waals surface area contributed by atoms with E-state index in [1.54, 1.807) is 24.3 Å². The van der Waals surface area contributed by atoms with Crippen molar-refractivity contribution in [3.05, 3.63) is 101 Å². The summed E-state index contributed by atoms with van der Waals surface area (Å²) < 4.78 is 30.1.